The number of hydrogen-bond acceptors (Lipinski definition) is 2. The van der Waals surface area contributed by atoms with Crippen LogP contribution in [0.5, 0.6) is 0 Å². The average molecular weight is 191 g/mol. The van der Waals surface area contributed by atoms with Gasteiger partial charge in [-0.05, 0) is 24.6 Å². The Bertz CT molecular complexity index is 296. The molecular formula is C12H17NO. The molecule has 76 valence electrons. The highest BCUT2D eigenvalue weighted by Crippen LogP contribution is 2.15. The largest absolute Gasteiger partial charge is 0.395 e. The van der Waals surface area contributed by atoms with E-state index >= 15 is 0 Å². The Morgan fingerprint density at radius 2 is 2.29 bits per heavy atom. The predicted molar refractivity (Wildman–Crippen MR) is 60.7 cm³/mol. The van der Waals surface area contributed by atoms with Crippen molar-refractivity contribution < 1.29 is 5.11 Å². The molecule has 0 saturated heterocycles. The summed E-state index contributed by atoms with van der Waals surface area (Å²) < 4.78 is 0. The molecule has 0 fully saturated rings. The monoisotopic (exact) mass is 191 g/mol. The summed E-state index contributed by atoms with van der Waals surface area (Å²) in [5.41, 5.74) is 2.37. The minimum absolute atomic E-state index is 0.168. The van der Waals surface area contributed by atoms with Crippen LogP contribution in [0.25, 0.3) is 0 Å². The Hall–Kier alpha value is -1.28. The molecule has 1 rings (SSSR count). The van der Waals surface area contributed by atoms with E-state index in [1.165, 1.54) is 5.56 Å². The van der Waals surface area contributed by atoms with Gasteiger partial charge in [-0.3, -0.25) is 0 Å². The predicted octanol–water partition coefficient (Wildman–Crippen LogP) is 1.98. The van der Waals surface area contributed by atoms with Gasteiger partial charge < -0.3 is 10.0 Å². The van der Waals surface area contributed by atoms with Crippen LogP contribution in [-0.4, -0.2) is 24.8 Å². The van der Waals surface area contributed by atoms with Gasteiger partial charge in [0.25, 0.3) is 0 Å². The molecule has 0 spiro atoms. The van der Waals surface area contributed by atoms with Gasteiger partial charge in [-0.1, -0.05) is 18.2 Å². The van der Waals surface area contributed by atoms with Crippen molar-refractivity contribution in [2.45, 2.75) is 6.92 Å². The lowest BCUT2D eigenvalue weighted by Crippen LogP contribution is -2.26. The summed E-state index contributed by atoms with van der Waals surface area (Å²) in [5, 5.41) is 8.92. The van der Waals surface area contributed by atoms with Gasteiger partial charge in [0.05, 0.1) is 6.61 Å². The van der Waals surface area contributed by atoms with E-state index in [4.69, 9.17) is 5.11 Å². The van der Waals surface area contributed by atoms with Gasteiger partial charge in [0, 0.05) is 18.8 Å². The first-order valence-electron chi connectivity index (χ1n) is 4.81. The number of anilines is 1. The summed E-state index contributed by atoms with van der Waals surface area (Å²) in [6, 6.07) is 8.25. The molecular weight excluding hydrogens is 174 g/mol. The zero-order chi connectivity index (χ0) is 10.4. The van der Waals surface area contributed by atoms with E-state index in [2.05, 4.69) is 30.5 Å². The average Bonchev–Trinajstić information content (AvgIpc) is 2.17. The third-order valence-electron chi connectivity index (χ3n) is 2.09. The Labute approximate surface area is 85.5 Å². The Kier molecular flexibility index (Phi) is 4.20. The van der Waals surface area contributed by atoms with Crippen molar-refractivity contribution in [3.63, 3.8) is 0 Å². The van der Waals surface area contributed by atoms with Crippen LogP contribution in [0, 0.1) is 6.92 Å². The van der Waals surface area contributed by atoms with E-state index in [0.717, 1.165) is 12.2 Å². The highest BCUT2D eigenvalue weighted by atomic mass is 16.3. The van der Waals surface area contributed by atoms with E-state index in [0.29, 0.717) is 6.54 Å². The van der Waals surface area contributed by atoms with Gasteiger partial charge in [-0.25, -0.2) is 0 Å². The van der Waals surface area contributed by atoms with Gasteiger partial charge in [0.1, 0.15) is 0 Å². The molecule has 0 amide bonds. The molecule has 0 aliphatic heterocycles. The maximum Gasteiger partial charge on any atom is 0.0606 e. The van der Waals surface area contributed by atoms with Gasteiger partial charge in [0.15, 0.2) is 0 Å². The smallest absolute Gasteiger partial charge is 0.0606 e. The Morgan fingerprint density at radius 1 is 1.50 bits per heavy atom. The Morgan fingerprint density at radius 3 is 2.86 bits per heavy atom. The fourth-order valence-electron chi connectivity index (χ4n) is 1.43. The summed E-state index contributed by atoms with van der Waals surface area (Å²) in [6.45, 7) is 7.36. The number of hydrogen-bond donors (Lipinski definition) is 1. The van der Waals surface area contributed by atoms with Crippen molar-refractivity contribution >= 4 is 5.69 Å². The lowest BCUT2D eigenvalue weighted by Gasteiger charge is -2.22. The van der Waals surface area contributed by atoms with Crippen LogP contribution in [0.15, 0.2) is 36.9 Å². The van der Waals surface area contributed by atoms with Crippen molar-refractivity contribution in [2.24, 2.45) is 0 Å². The number of aryl methyl sites for hydroxylation is 1. The number of benzene rings is 1. The fraction of sp³-hybridized carbons (Fsp3) is 0.333. The molecule has 0 heterocycles. The van der Waals surface area contributed by atoms with Crippen LogP contribution in [-0.2, 0) is 0 Å². The first-order chi connectivity index (χ1) is 6.77. The van der Waals surface area contributed by atoms with Crippen LogP contribution < -0.4 is 4.90 Å². The summed E-state index contributed by atoms with van der Waals surface area (Å²) in [5.74, 6) is 0. The minimum atomic E-state index is 0.168. The second-order valence-corrected chi connectivity index (χ2v) is 3.30. The standard InChI is InChI=1S/C12H17NO/c1-3-7-13(8-9-14)12-6-4-5-11(2)10-12/h3-6,10,14H,1,7-9H2,2H3. The molecule has 0 bridgehead atoms. The lowest BCUT2D eigenvalue weighted by molar-refractivity contribution is 0.303. The van der Waals surface area contributed by atoms with E-state index < -0.39 is 0 Å². The SMILES string of the molecule is C=CCN(CCO)c1cccc(C)c1. The molecule has 0 radical (unpaired) electrons. The number of nitrogens with zero attached hydrogens (tertiary/aromatic N) is 1. The topological polar surface area (TPSA) is 23.5 Å². The molecule has 1 aromatic carbocycles. The quantitative estimate of drug-likeness (QED) is 0.719. The third-order valence-corrected chi connectivity index (χ3v) is 2.09. The molecule has 2 heteroatoms. The van der Waals surface area contributed by atoms with Crippen molar-refractivity contribution in [1.82, 2.24) is 0 Å². The van der Waals surface area contributed by atoms with Gasteiger partial charge in [-0.15, -0.1) is 6.58 Å². The fourth-order valence-corrected chi connectivity index (χ4v) is 1.43. The lowest BCUT2D eigenvalue weighted by atomic mass is 10.2. The summed E-state index contributed by atoms with van der Waals surface area (Å²) in [4.78, 5) is 2.10. The zero-order valence-electron chi connectivity index (χ0n) is 8.61. The van der Waals surface area contributed by atoms with Crippen molar-refractivity contribution in [3.05, 3.63) is 42.5 Å². The van der Waals surface area contributed by atoms with Gasteiger partial charge in [0.2, 0.25) is 0 Å². The molecule has 0 aliphatic carbocycles. The van der Waals surface area contributed by atoms with E-state index in [1.54, 1.807) is 0 Å². The highest BCUT2D eigenvalue weighted by Gasteiger charge is 2.02. The molecule has 2 nitrogen and oxygen atoms in total. The molecule has 0 saturated carbocycles. The molecule has 0 atom stereocenters. The van der Waals surface area contributed by atoms with Crippen LogP contribution in [0.1, 0.15) is 5.56 Å². The first-order valence-corrected chi connectivity index (χ1v) is 4.81. The first kappa shape index (κ1) is 10.8. The second kappa shape index (κ2) is 5.45. The number of aliphatic hydroxyl groups excluding tert-OH is 1. The van der Waals surface area contributed by atoms with E-state index in [-0.39, 0.29) is 6.61 Å². The number of rotatable bonds is 5. The molecule has 1 aromatic rings. The third kappa shape index (κ3) is 2.89. The summed E-state index contributed by atoms with van der Waals surface area (Å²) in [6.07, 6.45) is 1.85. The summed E-state index contributed by atoms with van der Waals surface area (Å²) in [7, 11) is 0. The van der Waals surface area contributed by atoms with E-state index in [1.807, 2.05) is 18.2 Å². The van der Waals surface area contributed by atoms with Crippen LogP contribution in [0.3, 0.4) is 0 Å². The normalized spacial score (nSPS) is 9.86. The molecule has 0 unspecified atom stereocenters. The van der Waals surface area contributed by atoms with Crippen molar-refractivity contribution in [3.8, 4) is 0 Å². The van der Waals surface area contributed by atoms with E-state index in [9.17, 15) is 0 Å². The van der Waals surface area contributed by atoms with Gasteiger partial charge >= 0.3 is 0 Å². The summed E-state index contributed by atoms with van der Waals surface area (Å²) >= 11 is 0. The Balaban J connectivity index is 2.80. The van der Waals surface area contributed by atoms with Crippen molar-refractivity contribution in [2.75, 3.05) is 24.6 Å². The maximum absolute atomic E-state index is 8.92. The zero-order valence-corrected chi connectivity index (χ0v) is 8.61. The maximum atomic E-state index is 8.92. The molecule has 1 N–H and O–H groups in total. The van der Waals surface area contributed by atoms with Crippen LogP contribution in [0.2, 0.25) is 0 Å². The highest BCUT2D eigenvalue weighted by molar-refractivity contribution is 5.48. The van der Waals surface area contributed by atoms with Crippen molar-refractivity contribution in [1.29, 1.82) is 0 Å². The molecule has 0 aromatic heterocycles. The number of aliphatic hydroxyl groups is 1. The second-order valence-electron chi connectivity index (χ2n) is 3.30. The molecule has 0 aliphatic rings. The van der Waals surface area contributed by atoms with Crippen LogP contribution >= 0.6 is 0 Å². The molecule has 14 heavy (non-hydrogen) atoms. The van der Waals surface area contributed by atoms with Crippen LogP contribution in [0.4, 0.5) is 5.69 Å². The minimum Gasteiger partial charge on any atom is -0.395 e. The van der Waals surface area contributed by atoms with Gasteiger partial charge in [-0.2, -0.15) is 0 Å².